The zero-order chi connectivity index (χ0) is 17.2. The Kier molecular flexibility index (Phi) is 5.05. The highest BCUT2D eigenvalue weighted by molar-refractivity contribution is 7.90. The van der Waals surface area contributed by atoms with Crippen LogP contribution in [0.15, 0.2) is 57.8 Å². The number of aromatic nitrogens is 1. The summed E-state index contributed by atoms with van der Waals surface area (Å²) >= 11 is 7.32. The predicted octanol–water partition coefficient (Wildman–Crippen LogP) is 3.29. The lowest BCUT2D eigenvalue weighted by molar-refractivity contribution is 0.187. The van der Waals surface area contributed by atoms with E-state index in [1.807, 2.05) is 10.6 Å². The van der Waals surface area contributed by atoms with Gasteiger partial charge < -0.3 is 9.30 Å². The standard InChI is InChI=1S/C16H15ClN2O3S2/c1-22-10-9-19-14-8-7-12(17)11-15(14)23-16(19)18-24(20,21)13-5-3-2-4-6-13/h2-8,11H,9-10H2,1H3. The fourth-order valence-electron chi connectivity index (χ4n) is 2.26. The molecular formula is C16H15ClN2O3S2. The van der Waals surface area contributed by atoms with E-state index in [1.165, 1.54) is 23.5 Å². The van der Waals surface area contributed by atoms with Crippen LogP contribution < -0.4 is 4.80 Å². The number of hydrogen-bond acceptors (Lipinski definition) is 4. The molecule has 0 fully saturated rings. The molecule has 0 saturated carbocycles. The van der Waals surface area contributed by atoms with Gasteiger partial charge in [-0.2, -0.15) is 8.42 Å². The van der Waals surface area contributed by atoms with Crippen molar-refractivity contribution in [3.8, 4) is 0 Å². The lowest BCUT2D eigenvalue weighted by Gasteiger charge is -2.04. The molecule has 2 aromatic carbocycles. The number of benzene rings is 2. The number of fused-ring (bicyclic) bond motifs is 1. The summed E-state index contributed by atoms with van der Waals surface area (Å²) in [7, 11) is -2.18. The molecule has 0 aliphatic rings. The van der Waals surface area contributed by atoms with Crippen molar-refractivity contribution >= 4 is 43.2 Å². The third kappa shape index (κ3) is 3.54. The van der Waals surface area contributed by atoms with E-state index in [0.29, 0.717) is 23.0 Å². The Morgan fingerprint density at radius 1 is 1.21 bits per heavy atom. The first kappa shape index (κ1) is 17.2. The van der Waals surface area contributed by atoms with E-state index in [0.717, 1.165) is 10.2 Å². The molecule has 0 atom stereocenters. The van der Waals surface area contributed by atoms with E-state index >= 15 is 0 Å². The highest BCUT2D eigenvalue weighted by Crippen LogP contribution is 2.22. The number of thiazole rings is 1. The normalized spacial score (nSPS) is 12.8. The zero-order valence-electron chi connectivity index (χ0n) is 12.8. The Balaban J connectivity index is 2.21. The number of methoxy groups -OCH3 is 1. The molecule has 0 saturated heterocycles. The molecule has 1 heterocycles. The lowest BCUT2D eigenvalue weighted by Crippen LogP contribution is -2.19. The Morgan fingerprint density at radius 3 is 2.67 bits per heavy atom. The van der Waals surface area contributed by atoms with Gasteiger partial charge in [0, 0.05) is 18.7 Å². The minimum absolute atomic E-state index is 0.166. The molecule has 3 aromatic rings. The maximum atomic E-state index is 12.5. The third-order valence-corrected chi connectivity index (χ3v) is 6.08. The number of ether oxygens (including phenoxy) is 1. The number of rotatable bonds is 5. The van der Waals surface area contributed by atoms with Crippen LogP contribution in [0.1, 0.15) is 0 Å². The van der Waals surface area contributed by atoms with Crippen molar-refractivity contribution in [1.82, 2.24) is 4.57 Å². The Morgan fingerprint density at radius 2 is 1.96 bits per heavy atom. The van der Waals surface area contributed by atoms with E-state index in [-0.39, 0.29) is 4.90 Å². The molecule has 0 bridgehead atoms. The summed E-state index contributed by atoms with van der Waals surface area (Å²) < 4.78 is 37.0. The van der Waals surface area contributed by atoms with Crippen molar-refractivity contribution in [2.45, 2.75) is 11.4 Å². The second kappa shape index (κ2) is 7.06. The van der Waals surface area contributed by atoms with Crippen LogP contribution in [-0.4, -0.2) is 26.7 Å². The summed E-state index contributed by atoms with van der Waals surface area (Å²) in [5.41, 5.74) is 0.878. The molecule has 8 heteroatoms. The van der Waals surface area contributed by atoms with Crippen LogP contribution in [0.4, 0.5) is 0 Å². The molecule has 126 valence electrons. The summed E-state index contributed by atoms with van der Waals surface area (Å²) in [4.78, 5) is 0.562. The van der Waals surface area contributed by atoms with Gasteiger partial charge in [0.05, 0.1) is 21.7 Å². The van der Waals surface area contributed by atoms with Crippen LogP contribution in [0.25, 0.3) is 10.2 Å². The molecule has 0 N–H and O–H groups in total. The summed E-state index contributed by atoms with van der Waals surface area (Å²) in [6.07, 6.45) is 0. The van der Waals surface area contributed by atoms with Crippen LogP contribution in [-0.2, 0) is 21.3 Å². The summed E-state index contributed by atoms with van der Waals surface area (Å²) in [6, 6.07) is 13.6. The summed E-state index contributed by atoms with van der Waals surface area (Å²) in [5.74, 6) is 0. The lowest BCUT2D eigenvalue weighted by atomic mass is 10.3. The van der Waals surface area contributed by atoms with Crippen LogP contribution in [0.5, 0.6) is 0 Å². The Hall–Kier alpha value is -1.67. The molecule has 5 nitrogen and oxygen atoms in total. The van der Waals surface area contributed by atoms with Gasteiger partial charge in [0.2, 0.25) is 4.80 Å². The van der Waals surface area contributed by atoms with Crippen LogP contribution in [0, 0.1) is 0 Å². The number of sulfonamides is 1. The number of hydrogen-bond donors (Lipinski definition) is 0. The molecule has 24 heavy (non-hydrogen) atoms. The average Bonchev–Trinajstić information content (AvgIpc) is 2.89. The molecule has 0 aliphatic heterocycles. The SMILES string of the molecule is COCCn1c(=NS(=O)(=O)c2ccccc2)sc2cc(Cl)ccc21. The molecule has 3 rings (SSSR count). The fourth-order valence-corrected chi connectivity index (χ4v) is 4.82. The first-order valence-electron chi connectivity index (χ1n) is 7.15. The second-order valence-corrected chi connectivity index (χ2v) is 8.07. The van der Waals surface area contributed by atoms with E-state index in [4.69, 9.17) is 16.3 Å². The van der Waals surface area contributed by atoms with Gasteiger partial charge in [0.25, 0.3) is 10.0 Å². The topological polar surface area (TPSA) is 60.7 Å². The van der Waals surface area contributed by atoms with Crippen molar-refractivity contribution in [2.24, 2.45) is 4.40 Å². The van der Waals surface area contributed by atoms with Crippen molar-refractivity contribution in [2.75, 3.05) is 13.7 Å². The molecule has 0 spiro atoms. The van der Waals surface area contributed by atoms with Crippen molar-refractivity contribution < 1.29 is 13.2 Å². The van der Waals surface area contributed by atoms with Crippen molar-refractivity contribution in [3.63, 3.8) is 0 Å². The maximum absolute atomic E-state index is 12.5. The van der Waals surface area contributed by atoms with Gasteiger partial charge in [-0.3, -0.25) is 0 Å². The maximum Gasteiger partial charge on any atom is 0.285 e. The van der Waals surface area contributed by atoms with Gasteiger partial charge >= 0.3 is 0 Å². The summed E-state index contributed by atoms with van der Waals surface area (Å²) in [5, 5.41) is 0.597. The van der Waals surface area contributed by atoms with Crippen molar-refractivity contribution in [1.29, 1.82) is 0 Å². The van der Waals surface area contributed by atoms with Crippen molar-refractivity contribution in [3.05, 3.63) is 58.4 Å². The molecular weight excluding hydrogens is 368 g/mol. The highest BCUT2D eigenvalue weighted by atomic mass is 35.5. The zero-order valence-corrected chi connectivity index (χ0v) is 15.2. The number of halogens is 1. The summed E-state index contributed by atoms with van der Waals surface area (Å²) in [6.45, 7) is 0.953. The minimum atomic E-state index is -3.78. The Bertz CT molecular complexity index is 1020. The van der Waals surface area contributed by atoms with Crippen LogP contribution in [0.2, 0.25) is 5.02 Å². The smallest absolute Gasteiger partial charge is 0.285 e. The molecule has 1 aromatic heterocycles. The van der Waals surface area contributed by atoms with Gasteiger partial charge in [-0.05, 0) is 30.3 Å². The first-order valence-corrected chi connectivity index (χ1v) is 9.78. The van der Waals surface area contributed by atoms with E-state index in [2.05, 4.69) is 4.40 Å². The fraction of sp³-hybridized carbons (Fsp3) is 0.188. The van der Waals surface area contributed by atoms with E-state index < -0.39 is 10.0 Å². The second-order valence-electron chi connectivity index (χ2n) is 5.02. The van der Waals surface area contributed by atoms with Gasteiger partial charge in [-0.25, -0.2) is 0 Å². The van der Waals surface area contributed by atoms with Gasteiger partial charge in [0.15, 0.2) is 0 Å². The molecule has 0 amide bonds. The van der Waals surface area contributed by atoms with Gasteiger partial charge in [0.1, 0.15) is 0 Å². The van der Waals surface area contributed by atoms with Crippen LogP contribution in [0.3, 0.4) is 0 Å². The average molecular weight is 383 g/mol. The monoisotopic (exact) mass is 382 g/mol. The van der Waals surface area contributed by atoms with Gasteiger partial charge in [-0.15, -0.1) is 4.40 Å². The minimum Gasteiger partial charge on any atom is -0.383 e. The molecule has 0 unspecified atom stereocenters. The third-order valence-electron chi connectivity index (χ3n) is 3.40. The predicted molar refractivity (Wildman–Crippen MR) is 95.9 cm³/mol. The largest absolute Gasteiger partial charge is 0.383 e. The van der Waals surface area contributed by atoms with Crippen LogP contribution >= 0.6 is 22.9 Å². The molecule has 0 radical (unpaired) electrons. The quantitative estimate of drug-likeness (QED) is 0.680. The van der Waals surface area contributed by atoms with E-state index in [9.17, 15) is 8.42 Å². The first-order chi connectivity index (χ1) is 11.5. The van der Waals surface area contributed by atoms with E-state index in [1.54, 1.807) is 37.4 Å². The molecule has 0 aliphatic carbocycles. The highest BCUT2D eigenvalue weighted by Gasteiger charge is 2.14. The Labute approximate surface area is 148 Å². The van der Waals surface area contributed by atoms with Gasteiger partial charge in [-0.1, -0.05) is 41.1 Å². The number of nitrogens with zero attached hydrogens (tertiary/aromatic N) is 2.